The number of carbonyl (C=O) groups is 2. The van der Waals surface area contributed by atoms with Crippen molar-refractivity contribution in [3.63, 3.8) is 0 Å². The van der Waals surface area contributed by atoms with Crippen LogP contribution in [-0.4, -0.2) is 35.5 Å². The van der Waals surface area contributed by atoms with Crippen LogP contribution in [0.1, 0.15) is 48.9 Å². The molecule has 1 radical (unpaired) electrons. The number of anilines is 2. The van der Waals surface area contributed by atoms with Crippen LogP contribution in [-0.2, 0) is 42.3 Å². The molecule has 34 heavy (non-hydrogen) atoms. The molecule has 0 unspecified atom stereocenters. The summed E-state index contributed by atoms with van der Waals surface area (Å²) in [6, 6.07) is 9.63. The Hall–Kier alpha value is -1.60. The standard InChI is InChI=1S/C27H34N3O2P.Y/c1-8-33(9-2,17-23(31)29-24-18(3)11-10-12-19(24)4)27(13-14-27)26(32)30-25-20(5)15-22(28-7)16-21(25)6;/h10-12,15-16H,8-9,13-14,17H2,1-6H3,(H-,29,30,31,32);/p+1. The van der Waals surface area contributed by atoms with Gasteiger partial charge in [0.15, 0.2) is 10.8 Å². The van der Waals surface area contributed by atoms with Crippen LogP contribution < -0.4 is 10.6 Å². The van der Waals surface area contributed by atoms with E-state index in [-0.39, 0.29) is 44.5 Å². The molecule has 5 nitrogen and oxygen atoms in total. The molecule has 2 aromatic carbocycles. The molecule has 0 atom stereocenters. The average Bonchev–Trinajstić information content (AvgIpc) is 3.59. The molecule has 2 aromatic rings. The van der Waals surface area contributed by atoms with Crippen molar-refractivity contribution in [2.24, 2.45) is 0 Å². The Morgan fingerprint density at radius 1 is 0.941 bits per heavy atom. The quantitative estimate of drug-likeness (QED) is 0.285. The minimum Gasteiger partial charge on any atom is -0.322 e. The second kappa shape index (κ2) is 11.4. The Morgan fingerprint density at radius 3 is 1.88 bits per heavy atom. The average molecular weight is 553 g/mol. The van der Waals surface area contributed by atoms with Crippen LogP contribution in [0.2, 0.25) is 0 Å². The summed E-state index contributed by atoms with van der Waals surface area (Å²) in [7, 11) is -1.88. The van der Waals surface area contributed by atoms with Crippen LogP contribution in [0.5, 0.6) is 0 Å². The summed E-state index contributed by atoms with van der Waals surface area (Å²) in [4.78, 5) is 30.5. The van der Waals surface area contributed by atoms with Gasteiger partial charge in [0.25, 0.3) is 11.8 Å². The summed E-state index contributed by atoms with van der Waals surface area (Å²) in [6.07, 6.45) is 3.83. The number of nitrogens with one attached hydrogen (secondary N) is 2. The molecule has 7 heteroatoms. The van der Waals surface area contributed by atoms with Gasteiger partial charge in [0.05, 0.1) is 18.9 Å². The third-order valence-corrected chi connectivity index (χ3v) is 13.1. The van der Waals surface area contributed by atoms with E-state index in [1.165, 1.54) is 0 Å². The number of nitrogens with zero attached hydrogens (tertiary/aromatic N) is 1. The smallest absolute Gasteiger partial charge is 0.268 e. The fourth-order valence-electron chi connectivity index (χ4n) is 5.14. The molecular weight excluding hydrogens is 518 g/mol. The minimum atomic E-state index is -1.88. The molecule has 177 valence electrons. The number of hydrogen-bond donors (Lipinski definition) is 2. The van der Waals surface area contributed by atoms with Gasteiger partial charge in [-0.25, -0.2) is 4.85 Å². The number of hydrogen-bond acceptors (Lipinski definition) is 2. The van der Waals surface area contributed by atoms with E-state index in [1.807, 2.05) is 58.0 Å². The number of amides is 2. The number of aryl methyl sites for hydroxylation is 4. The van der Waals surface area contributed by atoms with Crippen LogP contribution in [0, 0.1) is 34.3 Å². The SMILES string of the molecule is [C-]#[N+]c1cc(C)c(NC(=O)C2([P+](CC)(CC)CC(=O)Nc3c(C)cccc3C)CC2)c(C)c1.[Y]. The Bertz CT molecular complexity index is 1090. The van der Waals surface area contributed by atoms with Gasteiger partial charge in [-0.15, -0.1) is 0 Å². The maximum Gasteiger partial charge on any atom is 0.268 e. The third-order valence-electron chi connectivity index (χ3n) is 7.34. The van der Waals surface area contributed by atoms with E-state index in [2.05, 4.69) is 29.3 Å². The molecule has 1 aliphatic rings. The van der Waals surface area contributed by atoms with Gasteiger partial charge in [-0.2, -0.15) is 0 Å². The van der Waals surface area contributed by atoms with Crippen molar-refractivity contribution in [3.8, 4) is 0 Å². The van der Waals surface area contributed by atoms with Gasteiger partial charge in [0.1, 0.15) is 6.16 Å². The van der Waals surface area contributed by atoms with E-state index >= 15 is 0 Å². The molecule has 0 spiro atoms. The molecular formula is C27H35N3O2PY+. The van der Waals surface area contributed by atoms with Gasteiger partial charge < -0.3 is 10.6 Å². The monoisotopic (exact) mass is 553 g/mol. The molecule has 1 saturated carbocycles. The first-order valence-electron chi connectivity index (χ1n) is 11.7. The first-order chi connectivity index (χ1) is 15.6. The Kier molecular flexibility index (Phi) is 9.63. The fraction of sp³-hybridized carbons (Fsp3) is 0.444. The molecule has 0 bridgehead atoms. The van der Waals surface area contributed by atoms with Crippen LogP contribution in [0.15, 0.2) is 30.3 Å². The third kappa shape index (κ3) is 5.46. The van der Waals surface area contributed by atoms with E-state index < -0.39 is 12.4 Å². The summed E-state index contributed by atoms with van der Waals surface area (Å²) in [5.41, 5.74) is 6.15. The number of benzene rings is 2. The van der Waals surface area contributed by atoms with Gasteiger partial charge in [0, 0.05) is 64.2 Å². The van der Waals surface area contributed by atoms with Crippen molar-refractivity contribution in [1.82, 2.24) is 0 Å². The maximum atomic E-state index is 13.7. The number of carbonyl (C=O) groups excluding carboxylic acids is 2. The van der Waals surface area contributed by atoms with Crippen molar-refractivity contribution in [1.29, 1.82) is 0 Å². The predicted octanol–water partition coefficient (Wildman–Crippen LogP) is 6.64. The molecule has 0 aromatic heterocycles. The van der Waals surface area contributed by atoms with Crippen molar-refractivity contribution in [2.45, 2.75) is 59.5 Å². The van der Waals surface area contributed by atoms with Crippen LogP contribution in [0.25, 0.3) is 4.85 Å². The van der Waals surface area contributed by atoms with Crippen molar-refractivity contribution >= 4 is 36.1 Å². The second-order valence-corrected chi connectivity index (χ2v) is 14.0. The second-order valence-electron chi connectivity index (χ2n) is 9.30. The van der Waals surface area contributed by atoms with Crippen LogP contribution in [0.4, 0.5) is 17.1 Å². The Morgan fingerprint density at radius 2 is 1.44 bits per heavy atom. The van der Waals surface area contributed by atoms with E-state index in [4.69, 9.17) is 6.57 Å². The van der Waals surface area contributed by atoms with Crippen molar-refractivity contribution < 1.29 is 42.3 Å². The van der Waals surface area contributed by atoms with Crippen LogP contribution >= 0.6 is 7.26 Å². The zero-order valence-electron chi connectivity index (χ0n) is 21.2. The molecule has 3 rings (SSSR count). The van der Waals surface area contributed by atoms with Crippen molar-refractivity contribution in [3.05, 3.63) is 64.0 Å². The molecule has 0 saturated heterocycles. The predicted molar refractivity (Wildman–Crippen MR) is 140 cm³/mol. The maximum absolute atomic E-state index is 13.7. The van der Waals surface area contributed by atoms with Gasteiger partial charge in [0.2, 0.25) is 0 Å². The first-order valence-corrected chi connectivity index (χ1v) is 14.0. The molecule has 1 aliphatic carbocycles. The summed E-state index contributed by atoms with van der Waals surface area (Å²) in [5, 5.41) is 5.91. The number of rotatable bonds is 8. The Labute approximate surface area is 229 Å². The summed E-state index contributed by atoms with van der Waals surface area (Å²) < 4.78 is 0. The Balaban J connectivity index is 0.00000408. The summed E-state index contributed by atoms with van der Waals surface area (Å²) in [5.74, 6) is 0.0541. The molecule has 2 amide bonds. The van der Waals surface area contributed by atoms with Gasteiger partial charge in [-0.05, 0) is 63.8 Å². The van der Waals surface area contributed by atoms with E-state index in [0.717, 1.165) is 58.8 Å². The first kappa shape index (κ1) is 28.6. The van der Waals surface area contributed by atoms with Gasteiger partial charge in [-0.1, -0.05) is 30.3 Å². The van der Waals surface area contributed by atoms with E-state index in [0.29, 0.717) is 11.8 Å². The topological polar surface area (TPSA) is 62.6 Å². The van der Waals surface area contributed by atoms with E-state index in [1.54, 1.807) is 0 Å². The van der Waals surface area contributed by atoms with Crippen LogP contribution in [0.3, 0.4) is 0 Å². The van der Waals surface area contributed by atoms with Crippen molar-refractivity contribution in [2.75, 3.05) is 29.1 Å². The molecule has 0 heterocycles. The van der Waals surface area contributed by atoms with Gasteiger partial charge in [-0.3, -0.25) is 9.59 Å². The molecule has 0 aliphatic heterocycles. The fourth-order valence-corrected chi connectivity index (χ4v) is 9.72. The summed E-state index contributed by atoms with van der Waals surface area (Å²) >= 11 is 0. The van der Waals surface area contributed by atoms with E-state index in [9.17, 15) is 9.59 Å². The zero-order chi connectivity index (χ0) is 24.4. The van der Waals surface area contributed by atoms with Gasteiger partial charge >= 0.3 is 0 Å². The molecule has 1 fully saturated rings. The largest absolute Gasteiger partial charge is 0.322 e. The zero-order valence-corrected chi connectivity index (χ0v) is 24.9. The minimum absolute atomic E-state index is 0. The number of para-hydroxylation sites is 1. The normalized spacial score (nSPS) is 13.9. The summed E-state index contributed by atoms with van der Waals surface area (Å²) in [6.45, 7) is 19.4. The molecule has 2 N–H and O–H groups in total.